The number of anilines is 1. The second-order valence-electron chi connectivity index (χ2n) is 5.68. The van der Waals surface area contributed by atoms with Crippen LogP contribution in [0.2, 0.25) is 0 Å². The molecule has 0 aliphatic heterocycles. The highest BCUT2D eigenvalue weighted by molar-refractivity contribution is 7.16. The lowest BCUT2D eigenvalue weighted by Crippen LogP contribution is -2.13. The number of para-hydroxylation sites is 1. The highest BCUT2D eigenvalue weighted by Crippen LogP contribution is 2.38. The number of nitrogens with zero attached hydrogens (tertiary/aromatic N) is 2. The second-order valence-corrected chi connectivity index (χ2v) is 6.76. The molecule has 25 heavy (non-hydrogen) atoms. The summed E-state index contributed by atoms with van der Waals surface area (Å²) in [7, 11) is 0. The van der Waals surface area contributed by atoms with Crippen molar-refractivity contribution < 1.29 is 9.72 Å². The number of thiazole rings is 1. The van der Waals surface area contributed by atoms with E-state index in [1.165, 1.54) is 35.1 Å². The number of fused-ring (bicyclic) bond motifs is 3. The van der Waals surface area contributed by atoms with Crippen LogP contribution in [0.3, 0.4) is 0 Å². The zero-order chi connectivity index (χ0) is 17.4. The molecule has 0 bridgehead atoms. The molecule has 124 valence electrons. The van der Waals surface area contributed by atoms with Crippen LogP contribution in [0.5, 0.6) is 0 Å². The molecule has 1 heterocycles. The molecule has 2 aromatic carbocycles. The molecule has 0 fully saturated rings. The van der Waals surface area contributed by atoms with E-state index in [4.69, 9.17) is 0 Å². The summed E-state index contributed by atoms with van der Waals surface area (Å²) in [5, 5.41) is 14.3. The lowest BCUT2D eigenvalue weighted by atomic mass is 9.94. The summed E-state index contributed by atoms with van der Waals surface area (Å²) in [6.45, 7) is 0. The standard InChI is InChI=1S/C18H13N3O3S/c22-17(13-7-3-4-8-14(13)21(23)24)20-18-19-16-12-6-2-1-5-11(12)9-10-15(16)25-18/h1-8H,9-10H2,(H,19,20,22). The van der Waals surface area contributed by atoms with Crippen molar-refractivity contribution in [1.29, 1.82) is 0 Å². The van der Waals surface area contributed by atoms with Crippen LogP contribution in [0.4, 0.5) is 10.8 Å². The maximum absolute atomic E-state index is 12.4. The van der Waals surface area contributed by atoms with Crippen LogP contribution in [0.15, 0.2) is 48.5 Å². The Labute approximate surface area is 147 Å². The number of carbonyl (C=O) groups excluding carboxylic acids is 1. The molecule has 3 aromatic rings. The minimum Gasteiger partial charge on any atom is -0.298 e. The predicted molar refractivity (Wildman–Crippen MR) is 96.0 cm³/mol. The number of amides is 1. The molecule has 6 nitrogen and oxygen atoms in total. The molecule has 4 rings (SSSR count). The largest absolute Gasteiger partial charge is 0.298 e. The van der Waals surface area contributed by atoms with E-state index >= 15 is 0 Å². The molecule has 0 atom stereocenters. The molecule has 1 N–H and O–H groups in total. The third-order valence-electron chi connectivity index (χ3n) is 4.16. The Kier molecular flexibility index (Phi) is 3.77. The van der Waals surface area contributed by atoms with Gasteiger partial charge in [-0.15, -0.1) is 11.3 Å². The number of nitro benzene ring substituents is 1. The van der Waals surface area contributed by atoms with Crippen molar-refractivity contribution in [2.24, 2.45) is 0 Å². The van der Waals surface area contributed by atoms with Gasteiger partial charge in [0, 0.05) is 16.5 Å². The van der Waals surface area contributed by atoms with Gasteiger partial charge >= 0.3 is 0 Å². The van der Waals surface area contributed by atoms with Crippen molar-refractivity contribution in [3.63, 3.8) is 0 Å². The Morgan fingerprint density at radius 2 is 1.88 bits per heavy atom. The number of hydrogen-bond donors (Lipinski definition) is 1. The number of carbonyl (C=O) groups is 1. The van der Waals surface area contributed by atoms with E-state index in [-0.39, 0.29) is 11.3 Å². The number of nitrogens with one attached hydrogen (secondary N) is 1. The SMILES string of the molecule is O=C(Nc1nc2c(s1)CCc1ccccc1-2)c1ccccc1[N+](=O)[O-]. The molecular formula is C18H13N3O3S. The molecule has 0 saturated carbocycles. The first-order valence-corrected chi connectivity index (χ1v) is 8.58. The van der Waals surface area contributed by atoms with Crippen molar-refractivity contribution in [2.75, 3.05) is 5.32 Å². The van der Waals surface area contributed by atoms with Crippen molar-refractivity contribution in [1.82, 2.24) is 4.98 Å². The smallest absolute Gasteiger partial charge is 0.282 e. The van der Waals surface area contributed by atoms with E-state index in [1.54, 1.807) is 6.07 Å². The average molecular weight is 351 g/mol. The van der Waals surface area contributed by atoms with Crippen LogP contribution in [0.25, 0.3) is 11.3 Å². The van der Waals surface area contributed by atoms with Gasteiger partial charge in [-0.25, -0.2) is 4.98 Å². The van der Waals surface area contributed by atoms with Crippen LogP contribution < -0.4 is 5.32 Å². The van der Waals surface area contributed by atoms with Gasteiger partial charge in [-0.3, -0.25) is 20.2 Å². The van der Waals surface area contributed by atoms with Gasteiger partial charge in [-0.2, -0.15) is 0 Å². The summed E-state index contributed by atoms with van der Waals surface area (Å²) in [6, 6.07) is 14.0. The van der Waals surface area contributed by atoms with E-state index < -0.39 is 10.8 Å². The van der Waals surface area contributed by atoms with E-state index in [2.05, 4.69) is 16.4 Å². The van der Waals surface area contributed by atoms with Gasteiger partial charge in [0.25, 0.3) is 11.6 Å². The number of nitro groups is 1. The van der Waals surface area contributed by atoms with Crippen molar-refractivity contribution in [2.45, 2.75) is 12.8 Å². The molecule has 0 unspecified atom stereocenters. The fraction of sp³-hybridized carbons (Fsp3) is 0.111. The summed E-state index contributed by atoms with van der Waals surface area (Å²) in [5.41, 5.74) is 3.04. The van der Waals surface area contributed by atoms with Gasteiger partial charge in [0.1, 0.15) is 5.56 Å². The van der Waals surface area contributed by atoms with E-state index in [9.17, 15) is 14.9 Å². The molecule has 0 spiro atoms. The first-order chi connectivity index (χ1) is 12.1. The molecule has 1 aliphatic rings. The van der Waals surface area contributed by atoms with Gasteiger partial charge in [0.2, 0.25) is 0 Å². The van der Waals surface area contributed by atoms with Crippen molar-refractivity contribution in [3.8, 4) is 11.3 Å². The second kappa shape index (κ2) is 6.10. The van der Waals surface area contributed by atoms with E-state index in [0.29, 0.717) is 5.13 Å². The maximum atomic E-state index is 12.4. The minimum atomic E-state index is -0.558. The van der Waals surface area contributed by atoms with Crippen LogP contribution in [-0.2, 0) is 12.8 Å². The molecule has 7 heteroatoms. The fourth-order valence-corrected chi connectivity index (χ4v) is 3.96. The zero-order valence-corrected chi connectivity index (χ0v) is 13.9. The lowest BCUT2D eigenvalue weighted by Gasteiger charge is -2.13. The van der Waals surface area contributed by atoms with E-state index in [1.807, 2.05) is 18.2 Å². The number of aromatic nitrogens is 1. The Morgan fingerprint density at radius 1 is 1.12 bits per heavy atom. The highest BCUT2D eigenvalue weighted by atomic mass is 32.1. The normalized spacial score (nSPS) is 12.2. The van der Waals surface area contributed by atoms with Crippen LogP contribution >= 0.6 is 11.3 Å². The molecule has 1 amide bonds. The Bertz CT molecular complexity index is 997. The highest BCUT2D eigenvalue weighted by Gasteiger charge is 2.23. The third-order valence-corrected chi connectivity index (χ3v) is 5.19. The third kappa shape index (κ3) is 2.78. The first-order valence-electron chi connectivity index (χ1n) is 7.76. The summed E-state index contributed by atoms with van der Waals surface area (Å²) in [4.78, 5) is 28.6. The molecule has 0 saturated heterocycles. The van der Waals surface area contributed by atoms with Crippen molar-refractivity contribution in [3.05, 3.63) is 74.6 Å². The van der Waals surface area contributed by atoms with Crippen LogP contribution in [-0.4, -0.2) is 15.8 Å². The Balaban J connectivity index is 1.65. The molecule has 1 aromatic heterocycles. The average Bonchev–Trinajstić information content (AvgIpc) is 3.04. The number of hydrogen-bond acceptors (Lipinski definition) is 5. The van der Waals surface area contributed by atoms with Gasteiger partial charge in [0.15, 0.2) is 5.13 Å². The molecule has 0 radical (unpaired) electrons. The summed E-state index contributed by atoms with van der Waals surface area (Å²) < 4.78 is 0. The zero-order valence-electron chi connectivity index (χ0n) is 13.1. The molecule has 1 aliphatic carbocycles. The van der Waals surface area contributed by atoms with Gasteiger partial charge in [-0.05, 0) is 24.5 Å². The minimum absolute atomic E-state index is 0.0288. The summed E-state index contributed by atoms with van der Waals surface area (Å²) in [5.74, 6) is -0.522. The quantitative estimate of drug-likeness (QED) is 0.569. The topological polar surface area (TPSA) is 85.1 Å². The van der Waals surface area contributed by atoms with Crippen LogP contribution in [0.1, 0.15) is 20.8 Å². The maximum Gasteiger partial charge on any atom is 0.282 e. The first kappa shape index (κ1) is 15.5. The summed E-state index contributed by atoms with van der Waals surface area (Å²) >= 11 is 1.42. The number of rotatable bonds is 3. The van der Waals surface area contributed by atoms with E-state index in [0.717, 1.165) is 29.0 Å². The van der Waals surface area contributed by atoms with Gasteiger partial charge < -0.3 is 0 Å². The number of aryl methyl sites for hydroxylation is 2. The summed E-state index contributed by atoms with van der Waals surface area (Å²) in [6.07, 6.45) is 1.83. The van der Waals surface area contributed by atoms with Crippen molar-refractivity contribution >= 4 is 28.1 Å². The van der Waals surface area contributed by atoms with Gasteiger partial charge in [-0.1, -0.05) is 36.4 Å². The lowest BCUT2D eigenvalue weighted by molar-refractivity contribution is -0.385. The van der Waals surface area contributed by atoms with Crippen LogP contribution in [0, 0.1) is 10.1 Å². The Hall–Kier alpha value is -3.06. The predicted octanol–water partition coefficient (Wildman–Crippen LogP) is 4.07. The number of benzene rings is 2. The van der Waals surface area contributed by atoms with Gasteiger partial charge in [0.05, 0.1) is 10.6 Å². The Morgan fingerprint density at radius 3 is 2.72 bits per heavy atom. The molecular weight excluding hydrogens is 338 g/mol. The monoisotopic (exact) mass is 351 g/mol. The fourth-order valence-electron chi connectivity index (χ4n) is 2.99.